The van der Waals surface area contributed by atoms with E-state index in [-0.39, 0.29) is 6.79 Å². The number of ether oxygens (including phenoxy) is 13. The van der Waals surface area contributed by atoms with E-state index in [9.17, 15) is 96.4 Å². The minimum Gasteiger partial charge on any atom is -0.508 e. The number of benzene rings is 3. The Morgan fingerprint density at radius 1 is 0.575 bits per heavy atom. The molecule has 478 valence electrons. The summed E-state index contributed by atoms with van der Waals surface area (Å²) in [6.45, 7) is 0.223. The van der Waals surface area contributed by atoms with Gasteiger partial charge < -0.3 is 153 Å². The Bertz CT molecular complexity index is 3150. The number of aliphatic hydroxyl groups excluding tert-OH is 13. The maximum absolute atomic E-state index is 14.7. The van der Waals surface area contributed by atoms with Crippen LogP contribution in [0.5, 0.6) is 46.0 Å². The second kappa shape index (κ2) is 26.0. The highest BCUT2D eigenvalue weighted by Crippen LogP contribution is 2.46. The van der Waals surface area contributed by atoms with Crippen LogP contribution in [0.4, 0.5) is 0 Å². The van der Waals surface area contributed by atoms with Gasteiger partial charge in [0.05, 0.1) is 25.4 Å². The van der Waals surface area contributed by atoms with Crippen molar-refractivity contribution >= 4 is 23.0 Å². The Morgan fingerprint density at radius 2 is 1.15 bits per heavy atom. The highest BCUT2D eigenvalue weighted by Gasteiger charge is 2.55. The van der Waals surface area contributed by atoms with Gasteiger partial charge in [0.25, 0.3) is 0 Å². The molecule has 0 saturated carbocycles. The monoisotopic (exact) mass is 1240 g/mol. The normalized spacial score (nSPS) is 37.9. The van der Waals surface area contributed by atoms with Crippen LogP contribution in [-0.2, 0) is 47.4 Å². The second-order valence-electron chi connectivity index (χ2n) is 21.2. The molecule has 7 heterocycles. The summed E-state index contributed by atoms with van der Waals surface area (Å²) in [5.41, 5.74) is -1.80. The molecule has 33 nitrogen and oxygen atoms in total. The molecule has 0 amide bonds. The quantitative estimate of drug-likeness (QED) is 0.0368. The molecular formula is C54H64O33. The average Bonchev–Trinajstić information content (AvgIpc) is 1.32. The van der Waals surface area contributed by atoms with E-state index in [4.69, 9.17) is 66.0 Å². The van der Waals surface area contributed by atoms with Crippen LogP contribution in [0.25, 0.3) is 28.4 Å². The fourth-order valence-electron chi connectivity index (χ4n) is 10.4. The van der Waals surface area contributed by atoms with Crippen molar-refractivity contribution in [3.05, 3.63) is 64.3 Å². The van der Waals surface area contributed by atoms with E-state index in [1.165, 1.54) is 19.9 Å². The van der Waals surface area contributed by atoms with Gasteiger partial charge in [-0.05, 0) is 49.8 Å². The first-order chi connectivity index (χ1) is 41.3. The number of esters is 1. The van der Waals surface area contributed by atoms with Gasteiger partial charge in [0.1, 0.15) is 127 Å². The number of aromatic hydroxyl groups is 4. The molecule has 5 saturated heterocycles. The Hall–Kier alpha value is -6.36. The number of carbonyl (C=O) groups excluding carboxylic acids is 1. The lowest BCUT2D eigenvalue weighted by molar-refractivity contribution is -0.388. The summed E-state index contributed by atoms with van der Waals surface area (Å²) in [5, 5.41) is 185. The summed E-state index contributed by atoms with van der Waals surface area (Å²) in [7, 11) is 0. The maximum Gasteiger partial charge on any atom is 0.330 e. The summed E-state index contributed by atoms with van der Waals surface area (Å²) >= 11 is 0. The highest BCUT2D eigenvalue weighted by molar-refractivity contribution is 5.89. The standard InChI is InChI=1S/C54H64O33/c1-16-32(61)38(67)43(72)51(78-16)82-29-14-75-50(42(71)36(29)65)84-46-22(58)8-19(9-23(46)59)45-47(37(66)31-21(57)10-20(56)11-26(31)80-45)85-53-48(40(69)33(62)17(2)79-53)87-54-49(86-52-44(73)39(68)34(63)27(12-55)81-52)41(70)35(64)28(83-54)13-74-30(60)6-4-18-3-5-24-25(7-18)77-15-76-24/h3-11,16-17,27-29,32-36,38-44,48-59,61-65,67-73H,12-15H2,1-2H3/b6-4+/t16?,17?,27?,28?,29-,32+,33+,34-,35-,36?,38?,39?,40?,41?,42?,43?,44?,48?,49?,50+,51+,52+,53+,54+/m1/s1. The number of rotatable bonds is 16. The number of fused-ring (bicyclic) bond motifs is 2. The molecule has 24 atom stereocenters. The first-order valence-electron chi connectivity index (χ1n) is 27.0. The summed E-state index contributed by atoms with van der Waals surface area (Å²) in [4.78, 5) is 27.7. The fourth-order valence-corrected chi connectivity index (χ4v) is 10.4. The SMILES string of the molecule is CC1O[C@@H](O[C@@H]2CO[C@@H](Oc3c(O)cc(-c4oc5cc(O)cc(O)c5c(=O)c4O[C@@H]4OC(C)[C@H](O)C(O)C4O[C@@H]4OC(COC(=O)/C=C/c5ccc6c(c5)OCO6)[C@@H](O)C(O)C4O[C@@H]4OC(CO)[C@@H](O)C(O)C4O)cc3O)C(O)C2O)C(O)C(O)[C@H]1O. The zero-order chi connectivity index (χ0) is 62.6. The van der Waals surface area contributed by atoms with Crippen LogP contribution in [0.15, 0.2) is 57.8 Å². The molecule has 0 aliphatic carbocycles. The lowest BCUT2D eigenvalue weighted by Crippen LogP contribution is -2.67. The van der Waals surface area contributed by atoms with E-state index in [2.05, 4.69) is 0 Å². The lowest BCUT2D eigenvalue weighted by Gasteiger charge is -2.48. The first-order valence-corrected chi connectivity index (χ1v) is 27.0. The van der Waals surface area contributed by atoms with Crippen LogP contribution < -0.4 is 24.4 Å². The highest BCUT2D eigenvalue weighted by atomic mass is 16.8. The smallest absolute Gasteiger partial charge is 0.330 e. The summed E-state index contributed by atoms with van der Waals surface area (Å²) in [5.74, 6) is -6.15. The van der Waals surface area contributed by atoms with E-state index in [0.717, 1.165) is 30.3 Å². The molecule has 6 aliphatic rings. The summed E-state index contributed by atoms with van der Waals surface area (Å²) < 4.78 is 79.8. The molecule has 10 rings (SSSR count). The number of phenols is 4. The third kappa shape index (κ3) is 12.8. The van der Waals surface area contributed by atoms with E-state index in [1.54, 1.807) is 18.2 Å². The maximum atomic E-state index is 14.7. The average molecular weight is 1240 g/mol. The third-order valence-corrected chi connectivity index (χ3v) is 15.3. The number of phenolic OH excluding ortho intramolecular Hbond substituents is 4. The van der Waals surface area contributed by atoms with E-state index in [1.807, 2.05) is 0 Å². The van der Waals surface area contributed by atoms with Gasteiger partial charge in [0.2, 0.25) is 36.3 Å². The number of hydrogen-bond donors (Lipinski definition) is 17. The predicted molar refractivity (Wildman–Crippen MR) is 278 cm³/mol. The van der Waals surface area contributed by atoms with Crippen LogP contribution in [0.3, 0.4) is 0 Å². The number of carbonyl (C=O) groups is 1. The molecule has 33 heteroatoms. The van der Waals surface area contributed by atoms with Crippen molar-refractivity contribution in [3.8, 4) is 57.3 Å². The van der Waals surface area contributed by atoms with Gasteiger partial charge >= 0.3 is 5.97 Å². The topological polar surface area (TPSA) is 511 Å². The van der Waals surface area contributed by atoms with Gasteiger partial charge in [0, 0.05) is 23.8 Å². The predicted octanol–water partition coefficient (Wildman–Crippen LogP) is -5.20. The minimum absolute atomic E-state index is 0.0128. The van der Waals surface area contributed by atoms with Gasteiger partial charge in [-0.25, -0.2) is 4.79 Å². The van der Waals surface area contributed by atoms with Crippen LogP contribution >= 0.6 is 0 Å². The van der Waals surface area contributed by atoms with Crippen molar-refractivity contribution in [3.63, 3.8) is 0 Å². The summed E-state index contributed by atoms with van der Waals surface area (Å²) in [6, 6.07) is 8.07. The van der Waals surface area contributed by atoms with Gasteiger partial charge in [0.15, 0.2) is 53.7 Å². The Morgan fingerprint density at radius 3 is 1.85 bits per heavy atom. The molecule has 17 N–H and O–H groups in total. The van der Waals surface area contributed by atoms with Gasteiger partial charge in [-0.1, -0.05) is 6.07 Å². The molecule has 4 aromatic rings. The molecule has 14 unspecified atom stereocenters. The zero-order valence-electron chi connectivity index (χ0n) is 45.5. The van der Waals surface area contributed by atoms with Crippen LogP contribution in [0.1, 0.15) is 19.4 Å². The molecule has 6 aliphatic heterocycles. The molecular weight excluding hydrogens is 1180 g/mol. The van der Waals surface area contributed by atoms with Gasteiger partial charge in [-0.3, -0.25) is 4.79 Å². The van der Waals surface area contributed by atoms with Crippen molar-refractivity contribution in [2.75, 3.05) is 26.6 Å². The van der Waals surface area contributed by atoms with E-state index < -0.39 is 235 Å². The second-order valence-corrected chi connectivity index (χ2v) is 21.2. The molecule has 0 radical (unpaired) electrons. The molecule has 5 fully saturated rings. The Balaban J connectivity index is 0.940. The first kappa shape index (κ1) is 63.7. The van der Waals surface area contributed by atoms with Crippen LogP contribution in [0.2, 0.25) is 0 Å². The minimum atomic E-state index is -2.23. The van der Waals surface area contributed by atoms with Crippen molar-refractivity contribution < 1.29 is 158 Å². The largest absolute Gasteiger partial charge is 0.508 e. The fraction of sp³-hybridized carbons (Fsp3) is 0.556. The molecule has 1 aromatic heterocycles. The molecule has 87 heavy (non-hydrogen) atoms. The Kier molecular flexibility index (Phi) is 19.0. The van der Waals surface area contributed by atoms with Crippen molar-refractivity contribution in [2.45, 2.75) is 161 Å². The lowest BCUT2D eigenvalue weighted by atomic mass is 9.96. The van der Waals surface area contributed by atoms with E-state index in [0.29, 0.717) is 17.1 Å². The molecule has 0 spiro atoms. The molecule has 3 aromatic carbocycles. The zero-order valence-corrected chi connectivity index (χ0v) is 45.5. The number of hydrogen-bond acceptors (Lipinski definition) is 33. The number of aliphatic hydroxyl groups is 13. The van der Waals surface area contributed by atoms with Gasteiger partial charge in [-0.15, -0.1) is 0 Å². The van der Waals surface area contributed by atoms with Crippen LogP contribution in [0, 0.1) is 0 Å². The summed E-state index contributed by atoms with van der Waals surface area (Å²) in [6.07, 6.45) is -42.5. The van der Waals surface area contributed by atoms with E-state index >= 15 is 0 Å². The third-order valence-electron chi connectivity index (χ3n) is 15.3. The van der Waals surface area contributed by atoms with Crippen molar-refractivity contribution in [1.29, 1.82) is 0 Å². The van der Waals surface area contributed by atoms with Crippen LogP contribution in [-0.4, -0.2) is 267 Å². The molecule has 0 bridgehead atoms. The Labute approximate surface area is 489 Å². The van der Waals surface area contributed by atoms with Crippen molar-refractivity contribution in [2.24, 2.45) is 0 Å². The van der Waals surface area contributed by atoms with Gasteiger partial charge in [-0.2, -0.15) is 0 Å². The van der Waals surface area contributed by atoms with Crippen molar-refractivity contribution in [1.82, 2.24) is 0 Å².